The number of ketones is 1. The third-order valence-corrected chi connectivity index (χ3v) is 4.47. The van der Waals surface area contributed by atoms with Crippen molar-refractivity contribution in [2.75, 3.05) is 5.43 Å². The zero-order chi connectivity index (χ0) is 22.3. The average molecular weight is 403 g/mol. The minimum Gasteiger partial charge on any atom is -0.286 e. The van der Waals surface area contributed by atoms with Gasteiger partial charge >= 0.3 is 0 Å². The first kappa shape index (κ1) is 22.4. The van der Waals surface area contributed by atoms with Crippen LogP contribution in [0.2, 0.25) is 0 Å². The Morgan fingerprint density at radius 3 is 2.20 bits per heavy atom. The van der Waals surface area contributed by atoms with Crippen molar-refractivity contribution < 1.29 is 4.79 Å². The van der Waals surface area contributed by atoms with Crippen molar-refractivity contribution in [3.63, 3.8) is 0 Å². The molecule has 3 aromatic rings. The summed E-state index contributed by atoms with van der Waals surface area (Å²) in [7, 11) is 1.75. The van der Waals surface area contributed by atoms with E-state index in [-0.39, 0.29) is 17.0 Å². The van der Waals surface area contributed by atoms with Crippen molar-refractivity contribution in [1.82, 2.24) is 9.36 Å². The molecule has 0 unspecified atom stereocenters. The number of rotatable bonds is 5. The Balaban J connectivity index is 0.00000155. The number of hydrogen-bond donors (Lipinski definition) is 1. The normalized spacial score (nSPS) is 10.6. The van der Waals surface area contributed by atoms with Crippen molar-refractivity contribution in [3.05, 3.63) is 81.8 Å². The first-order valence-corrected chi connectivity index (χ1v) is 9.63. The summed E-state index contributed by atoms with van der Waals surface area (Å²) in [5, 5.41) is 13.2. The third kappa shape index (κ3) is 4.55. The number of nitrogens with one attached hydrogen (secondary N) is 1. The van der Waals surface area contributed by atoms with Crippen LogP contribution in [0.4, 0.5) is 5.69 Å². The molecule has 7 nitrogen and oxygen atoms in total. The highest BCUT2D eigenvalue weighted by molar-refractivity contribution is 6.51. The summed E-state index contributed by atoms with van der Waals surface area (Å²) in [5.74, 6) is -0.507. The van der Waals surface area contributed by atoms with Crippen molar-refractivity contribution in [2.45, 2.75) is 27.7 Å². The zero-order valence-electron chi connectivity index (χ0n) is 17.8. The minimum atomic E-state index is -0.507. The lowest BCUT2D eigenvalue weighted by atomic mass is 10.1. The van der Waals surface area contributed by atoms with Gasteiger partial charge < -0.3 is 0 Å². The number of carbonyl (C=O) groups excluding carboxylic acids is 1. The predicted octanol–water partition coefficient (Wildman–Crippen LogP) is 3.99. The second kappa shape index (κ2) is 10.0. The number of nitriles is 1. The van der Waals surface area contributed by atoms with E-state index in [9.17, 15) is 14.9 Å². The average Bonchev–Trinajstić information content (AvgIpc) is 2.99. The Morgan fingerprint density at radius 2 is 1.63 bits per heavy atom. The lowest BCUT2D eigenvalue weighted by molar-refractivity contribution is 0.106. The number of aromatic nitrogens is 2. The Kier molecular flexibility index (Phi) is 7.48. The molecule has 0 fully saturated rings. The molecule has 1 aromatic heterocycles. The summed E-state index contributed by atoms with van der Waals surface area (Å²) < 4.78 is 3.17. The Morgan fingerprint density at radius 1 is 1.03 bits per heavy atom. The Hall–Kier alpha value is -3.92. The molecule has 0 spiro atoms. The number of hydrogen-bond acceptors (Lipinski definition) is 5. The van der Waals surface area contributed by atoms with Crippen molar-refractivity contribution in [1.29, 1.82) is 5.26 Å². The molecule has 2 aromatic carbocycles. The van der Waals surface area contributed by atoms with E-state index >= 15 is 0 Å². The van der Waals surface area contributed by atoms with Gasteiger partial charge in [-0.2, -0.15) is 10.4 Å². The standard InChI is InChI=1S/C21H19N5O2.C2H6/c1-14-9-11-16(12-10-14)20(27)18(13-22)23-24-19-15(2)25(3)26(21(19)28)17-7-5-4-6-8-17;1-2/h4-12,24H,1-3H3;1-2H3/b23-18+;. The van der Waals surface area contributed by atoms with E-state index in [2.05, 4.69) is 10.5 Å². The van der Waals surface area contributed by atoms with Crippen LogP contribution in [0, 0.1) is 25.2 Å². The van der Waals surface area contributed by atoms with Crippen molar-refractivity contribution >= 4 is 17.2 Å². The first-order chi connectivity index (χ1) is 14.4. The highest BCUT2D eigenvalue weighted by Gasteiger charge is 2.18. The largest absolute Gasteiger partial charge is 0.296 e. The van der Waals surface area contributed by atoms with E-state index < -0.39 is 5.78 Å². The molecule has 0 bridgehead atoms. The Labute approximate surface area is 175 Å². The molecule has 0 aliphatic rings. The van der Waals surface area contributed by atoms with Crippen LogP contribution in [0.15, 0.2) is 64.5 Å². The smallest absolute Gasteiger partial charge is 0.286 e. The van der Waals surface area contributed by atoms with E-state index in [1.807, 2.05) is 51.1 Å². The molecule has 0 aliphatic heterocycles. The summed E-state index contributed by atoms with van der Waals surface area (Å²) in [6.07, 6.45) is 0. The van der Waals surface area contributed by atoms with Crippen LogP contribution in [0.25, 0.3) is 5.69 Å². The van der Waals surface area contributed by atoms with Gasteiger partial charge in [0, 0.05) is 12.6 Å². The lowest BCUT2D eigenvalue weighted by Crippen LogP contribution is -2.21. The molecular formula is C23H25N5O2. The molecule has 0 saturated carbocycles. The number of hydrazone groups is 1. The molecule has 0 aliphatic carbocycles. The maximum atomic E-state index is 12.8. The van der Waals surface area contributed by atoms with E-state index in [1.54, 1.807) is 49.0 Å². The molecule has 0 radical (unpaired) electrons. The predicted molar refractivity (Wildman–Crippen MR) is 119 cm³/mol. The van der Waals surface area contributed by atoms with Gasteiger partial charge in [-0.15, -0.1) is 0 Å². The molecule has 3 rings (SSSR count). The number of nitrogens with zero attached hydrogens (tertiary/aromatic N) is 4. The zero-order valence-corrected chi connectivity index (χ0v) is 17.8. The highest BCUT2D eigenvalue weighted by Crippen LogP contribution is 2.14. The van der Waals surface area contributed by atoms with Crippen LogP contribution < -0.4 is 11.0 Å². The molecule has 0 saturated heterocycles. The van der Waals surface area contributed by atoms with Crippen LogP contribution in [-0.2, 0) is 7.05 Å². The SMILES string of the molecule is CC.Cc1ccc(C(=O)/C(C#N)=N/Nc2c(C)n(C)n(-c3ccccc3)c2=O)cc1. The second-order valence-corrected chi connectivity index (χ2v) is 6.32. The maximum Gasteiger partial charge on any atom is 0.296 e. The van der Waals surface area contributed by atoms with E-state index in [4.69, 9.17) is 0 Å². The third-order valence-electron chi connectivity index (χ3n) is 4.47. The highest BCUT2D eigenvalue weighted by atomic mass is 16.1. The van der Waals surface area contributed by atoms with Gasteiger partial charge in [-0.3, -0.25) is 19.7 Å². The van der Waals surface area contributed by atoms with Gasteiger partial charge in [-0.05, 0) is 26.0 Å². The molecule has 154 valence electrons. The van der Waals surface area contributed by atoms with Gasteiger partial charge in [-0.25, -0.2) is 4.68 Å². The molecule has 0 atom stereocenters. The number of Topliss-reactive ketones (excluding diaryl/α,β-unsaturated/α-hetero) is 1. The fourth-order valence-electron chi connectivity index (χ4n) is 2.78. The topological polar surface area (TPSA) is 92.2 Å². The lowest BCUT2D eigenvalue weighted by Gasteiger charge is -2.07. The van der Waals surface area contributed by atoms with Gasteiger partial charge in [0.15, 0.2) is 0 Å². The number of para-hydroxylation sites is 1. The van der Waals surface area contributed by atoms with Gasteiger partial charge in [0.05, 0.1) is 11.4 Å². The number of aryl methyl sites for hydroxylation is 1. The van der Waals surface area contributed by atoms with Crippen molar-refractivity contribution in [3.8, 4) is 11.8 Å². The molecule has 30 heavy (non-hydrogen) atoms. The summed E-state index contributed by atoms with van der Waals surface area (Å²) in [5.41, 5.74) is 4.86. The number of carbonyl (C=O) groups is 1. The number of benzene rings is 2. The number of anilines is 1. The molecule has 0 amide bonds. The summed E-state index contributed by atoms with van der Waals surface area (Å²) in [4.78, 5) is 25.3. The van der Waals surface area contributed by atoms with Crippen LogP contribution >= 0.6 is 0 Å². The molecule has 1 N–H and O–H groups in total. The van der Waals surface area contributed by atoms with Crippen LogP contribution in [0.5, 0.6) is 0 Å². The van der Waals surface area contributed by atoms with E-state index in [0.717, 1.165) is 5.56 Å². The Bertz CT molecular complexity index is 1150. The van der Waals surface area contributed by atoms with E-state index in [0.29, 0.717) is 16.9 Å². The fraction of sp³-hybridized carbons (Fsp3) is 0.217. The van der Waals surface area contributed by atoms with Crippen LogP contribution in [0.3, 0.4) is 0 Å². The summed E-state index contributed by atoms with van der Waals surface area (Å²) in [6, 6.07) is 17.8. The van der Waals surface area contributed by atoms with Crippen LogP contribution in [0.1, 0.15) is 35.5 Å². The van der Waals surface area contributed by atoms with Gasteiger partial charge in [0.1, 0.15) is 11.8 Å². The second-order valence-electron chi connectivity index (χ2n) is 6.32. The van der Waals surface area contributed by atoms with E-state index in [1.165, 1.54) is 4.68 Å². The van der Waals surface area contributed by atoms with Gasteiger partial charge in [0.2, 0.25) is 11.5 Å². The first-order valence-electron chi connectivity index (χ1n) is 9.63. The maximum absolute atomic E-state index is 12.8. The molecular weight excluding hydrogens is 378 g/mol. The monoisotopic (exact) mass is 403 g/mol. The van der Waals surface area contributed by atoms with Gasteiger partial charge in [-0.1, -0.05) is 61.9 Å². The molecule has 1 heterocycles. The summed E-state index contributed by atoms with van der Waals surface area (Å²) in [6.45, 7) is 7.66. The quantitative estimate of drug-likeness (QED) is 0.396. The van der Waals surface area contributed by atoms with Crippen molar-refractivity contribution in [2.24, 2.45) is 12.1 Å². The molecule has 7 heteroatoms. The fourth-order valence-corrected chi connectivity index (χ4v) is 2.78. The van der Waals surface area contributed by atoms with Crippen LogP contribution in [-0.4, -0.2) is 20.9 Å². The minimum absolute atomic E-state index is 0.204. The van der Waals surface area contributed by atoms with Gasteiger partial charge in [0.25, 0.3) is 5.56 Å². The summed E-state index contributed by atoms with van der Waals surface area (Å²) >= 11 is 0.